The highest BCUT2D eigenvalue weighted by molar-refractivity contribution is 5.91. The summed E-state index contributed by atoms with van der Waals surface area (Å²) in [6, 6.07) is 8.31. The van der Waals surface area contributed by atoms with Gasteiger partial charge in [-0.3, -0.25) is 0 Å². The first-order valence-electron chi connectivity index (χ1n) is 5.58. The molecular weight excluding hydrogens is 212 g/mol. The number of rotatable bonds is 1. The second-order valence-corrected chi connectivity index (χ2v) is 4.01. The summed E-state index contributed by atoms with van der Waals surface area (Å²) in [5.74, 6) is 0.259. The van der Waals surface area contributed by atoms with Crippen molar-refractivity contribution in [2.75, 3.05) is 5.73 Å². The predicted octanol–water partition coefficient (Wildman–Crippen LogP) is 2.32. The van der Waals surface area contributed by atoms with Crippen LogP contribution in [0.3, 0.4) is 0 Å². The van der Waals surface area contributed by atoms with Gasteiger partial charge in [-0.25, -0.2) is 9.97 Å². The van der Waals surface area contributed by atoms with E-state index in [-0.39, 0.29) is 5.95 Å². The molecule has 0 aliphatic heterocycles. The molecule has 17 heavy (non-hydrogen) atoms. The molecule has 0 saturated heterocycles. The summed E-state index contributed by atoms with van der Waals surface area (Å²) >= 11 is 0. The Balaban J connectivity index is 2.35. The van der Waals surface area contributed by atoms with Gasteiger partial charge in [-0.2, -0.15) is 4.98 Å². The molecule has 0 spiro atoms. The summed E-state index contributed by atoms with van der Waals surface area (Å²) in [7, 11) is 0. The van der Waals surface area contributed by atoms with Crippen LogP contribution in [0.15, 0.2) is 30.5 Å². The summed E-state index contributed by atoms with van der Waals surface area (Å²) in [6.07, 6.45) is 2.73. The van der Waals surface area contributed by atoms with Crippen molar-refractivity contribution in [1.29, 1.82) is 0 Å². The molecule has 4 heteroatoms. The molecule has 0 unspecified atom stereocenters. The Morgan fingerprint density at radius 2 is 2.00 bits per heavy atom. The molecule has 0 atom stereocenters. The number of nitrogens with zero attached hydrogens (tertiary/aromatic N) is 3. The summed E-state index contributed by atoms with van der Waals surface area (Å²) < 4.78 is 0. The van der Waals surface area contributed by atoms with Crippen molar-refractivity contribution >= 4 is 27.9 Å². The SMILES string of the molecule is CCc1ccc2nc3nc(N)ncc3cc2c1. The van der Waals surface area contributed by atoms with Crippen LogP contribution < -0.4 is 5.73 Å². The van der Waals surface area contributed by atoms with Gasteiger partial charge in [0.15, 0.2) is 5.65 Å². The van der Waals surface area contributed by atoms with E-state index in [4.69, 9.17) is 5.73 Å². The van der Waals surface area contributed by atoms with E-state index in [1.165, 1.54) is 5.56 Å². The fourth-order valence-electron chi connectivity index (χ4n) is 1.91. The van der Waals surface area contributed by atoms with Crippen LogP contribution in [0, 0.1) is 0 Å². The molecular formula is C13H12N4. The minimum Gasteiger partial charge on any atom is -0.368 e. The van der Waals surface area contributed by atoms with Crippen molar-refractivity contribution in [3.05, 3.63) is 36.0 Å². The molecule has 1 aromatic carbocycles. The second kappa shape index (κ2) is 3.66. The van der Waals surface area contributed by atoms with E-state index in [9.17, 15) is 0 Å². The van der Waals surface area contributed by atoms with E-state index in [1.807, 2.05) is 6.07 Å². The lowest BCUT2D eigenvalue weighted by Gasteiger charge is -2.03. The monoisotopic (exact) mass is 224 g/mol. The van der Waals surface area contributed by atoms with Crippen LogP contribution in [-0.2, 0) is 6.42 Å². The van der Waals surface area contributed by atoms with Crippen molar-refractivity contribution in [3.8, 4) is 0 Å². The number of nitrogens with two attached hydrogens (primary N) is 1. The lowest BCUT2D eigenvalue weighted by Crippen LogP contribution is -1.96. The average Bonchev–Trinajstić information content (AvgIpc) is 2.35. The molecule has 0 saturated carbocycles. The maximum Gasteiger partial charge on any atom is 0.222 e. The summed E-state index contributed by atoms with van der Waals surface area (Å²) in [6.45, 7) is 2.14. The maximum absolute atomic E-state index is 5.55. The smallest absolute Gasteiger partial charge is 0.222 e. The van der Waals surface area contributed by atoms with E-state index in [0.717, 1.165) is 22.7 Å². The first-order chi connectivity index (χ1) is 8.26. The second-order valence-electron chi connectivity index (χ2n) is 4.01. The van der Waals surface area contributed by atoms with E-state index in [1.54, 1.807) is 6.20 Å². The Bertz CT molecular complexity index is 706. The maximum atomic E-state index is 5.55. The van der Waals surface area contributed by atoms with Crippen LogP contribution >= 0.6 is 0 Å². The first-order valence-corrected chi connectivity index (χ1v) is 5.58. The van der Waals surface area contributed by atoms with E-state index >= 15 is 0 Å². The van der Waals surface area contributed by atoms with Gasteiger partial charge >= 0.3 is 0 Å². The topological polar surface area (TPSA) is 64.7 Å². The Morgan fingerprint density at radius 1 is 1.12 bits per heavy atom. The molecule has 0 aliphatic rings. The fourth-order valence-corrected chi connectivity index (χ4v) is 1.91. The normalized spacial score (nSPS) is 11.1. The van der Waals surface area contributed by atoms with Crippen molar-refractivity contribution in [2.24, 2.45) is 0 Å². The number of hydrogen-bond acceptors (Lipinski definition) is 4. The third kappa shape index (κ3) is 1.67. The molecule has 2 N–H and O–H groups in total. The summed E-state index contributed by atoms with van der Waals surface area (Å²) in [4.78, 5) is 12.6. The molecule has 2 aromatic heterocycles. The molecule has 0 radical (unpaired) electrons. The van der Waals surface area contributed by atoms with E-state index in [0.29, 0.717) is 5.65 Å². The van der Waals surface area contributed by atoms with Gasteiger partial charge in [0.25, 0.3) is 0 Å². The number of anilines is 1. The van der Waals surface area contributed by atoms with E-state index in [2.05, 4.69) is 40.1 Å². The van der Waals surface area contributed by atoms with Gasteiger partial charge in [0.2, 0.25) is 5.95 Å². The number of aromatic nitrogens is 3. The van der Waals surface area contributed by atoms with Gasteiger partial charge < -0.3 is 5.73 Å². The predicted molar refractivity (Wildman–Crippen MR) is 68.6 cm³/mol. The Morgan fingerprint density at radius 3 is 2.82 bits per heavy atom. The molecule has 4 nitrogen and oxygen atoms in total. The molecule has 3 rings (SSSR count). The van der Waals surface area contributed by atoms with Gasteiger partial charge in [-0.1, -0.05) is 13.0 Å². The van der Waals surface area contributed by atoms with Gasteiger partial charge in [0.05, 0.1) is 5.52 Å². The molecule has 2 heterocycles. The van der Waals surface area contributed by atoms with Crippen LogP contribution in [-0.4, -0.2) is 15.0 Å². The van der Waals surface area contributed by atoms with Crippen LogP contribution in [0.5, 0.6) is 0 Å². The Labute approximate surface area is 98.5 Å². The van der Waals surface area contributed by atoms with Gasteiger partial charge in [-0.15, -0.1) is 0 Å². The lowest BCUT2D eigenvalue weighted by atomic mass is 10.1. The third-order valence-corrected chi connectivity index (χ3v) is 2.85. The number of nitrogen functional groups attached to an aromatic ring is 1. The number of fused-ring (bicyclic) bond motifs is 2. The molecule has 0 fully saturated rings. The quantitative estimate of drug-likeness (QED) is 0.644. The van der Waals surface area contributed by atoms with Crippen molar-refractivity contribution in [1.82, 2.24) is 15.0 Å². The lowest BCUT2D eigenvalue weighted by molar-refractivity contribution is 1.14. The highest BCUT2D eigenvalue weighted by atomic mass is 15.0. The fraction of sp³-hybridized carbons (Fsp3) is 0.154. The highest BCUT2D eigenvalue weighted by Crippen LogP contribution is 2.19. The van der Waals surface area contributed by atoms with Crippen LogP contribution in [0.25, 0.3) is 21.9 Å². The number of hydrogen-bond donors (Lipinski definition) is 1. The van der Waals surface area contributed by atoms with Crippen molar-refractivity contribution in [2.45, 2.75) is 13.3 Å². The Hall–Kier alpha value is -2.23. The standard InChI is InChI=1S/C13H12N4/c1-2-8-3-4-11-9(5-8)6-10-7-15-13(14)17-12(10)16-11/h3-7H,2H2,1H3,(H2,14,15,16,17). The largest absolute Gasteiger partial charge is 0.368 e. The van der Waals surface area contributed by atoms with Gasteiger partial charge in [0, 0.05) is 17.0 Å². The number of aryl methyl sites for hydroxylation is 1. The molecule has 0 bridgehead atoms. The summed E-state index contributed by atoms with van der Waals surface area (Å²) in [5, 5.41) is 2.03. The molecule has 84 valence electrons. The van der Waals surface area contributed by atoms with Crippen molar-refractivity contribution < 1.29 is 0 Å². The van der Waals surface area contributed by atoms with Crippen LogP contribution in [0.2, 0.25) is 0 Å². The molecule has 0 amide bonds. The van der Waals surface area contributed by atoms with Crippen LogP contribution in [0.1, 0.15) is 12.5 Å². The zero-order valence-corrected chi connectivity index (χ0v) is 9.51. The van der Waals surface area contributed by atoms with Crippen LogP contribution in [0.4, 0.5) is 5.95 Å². The summed E-state index contributed by atoms with van der Waals surface area (Å²) in [5.41, 5.74) is 8.44. The number of benzene rings is 1. The van der Waals surface area contributed by atoms with Gasteiger partial charge in [-0.05, 0) is 30.2 Å². The molecule has 0 aliphatic carbocycles. The average molecular weight is 224 g/mol. The minimum atomic E-state index is 0.259. The zero-order valence-electron chi connectivity index (χ0n) is 9.51. The van der Waals surface area contributed by atoms with Gasteiger partial charge in [0.1, 0.15) is 0 Å². The van der Waals surface area contributed by atoms with Crippen molar-refractivity contribution in [3.63, 3.8) is 0 Å². The first kappa shape index (κ1) is 9.96. The minimum absolute atomic E-state index is 0.259. The number of pyridine rings is 1. The Kier molecular flexibility index (Phi) is 2.14. The van der Waals surface area contributed by atoms with E-state index < -0.39 is 0 Å². The highest BCUT2D eigenvalue weighted by Gasteiger charge is 2.02. The zero-order chi connectivity index (χ0) is 11.8. The molecule has 3 aromatic rings. The third-order valence-electron chi connectivity index (χ3n) is 2.85.